The summed E-state index contributed by atoms with van der Waals surface area (Å²) in [5.74, 6) is 0. The SMILES string of the molecule is CCNC(Cc1ncccc1C)c1ccc(Cl)c(C)c1. The van der Waals surface area contributed by atoms with Gasteiger partial charge < -0.3 is 5.32 Å². The molecule has 0 bridgehead atoms. The molecule has 3 heteroatoms. The molecule has 0 saturated heterocycles. The largest absolute Gasteiger partial charge is 0.310 e. The van der Waals surface area contributed by atoms with E-state index < -0.39 is 0 Å². The van der Waals surface area contributed by atoms with Crippen molar-refractivity contribution in [2.75, 3.05) is 6.54 Å². The lowest BCUT2D eigenvalue weighted by molar-refractivity contribution is 0.542. The minimum absolute atomic E-state index is 0.268. The standard InChI is InChI=1S/C17H21ClN2/c1-4-19-17(11-16-12(2)6-5-9-20-16)14-7-8-15(18)13(3)10-14/h5-10,17,19H,4,11H2,1-3H3. The molecule has 2 rings (SSSR count). The molecule has 1 aromatic heterocycles. The van der Waals surface area contributed by atoms with Crippen molar-refractivity contribution in [3.8, 4) is 0 Å². The van der Waals surface area contributed by atoms with E-state index in [0.717, 1.165) is 29.2 Å². The van der Waals surface area contributed by atoms with Gasteiger partial charge in [-0.05, 0) is 49.2 Å². The molecule has 0 aliphatic rings. The number of nitrogens with one attached hydrogen (secondary N) is 1. The molecule has 1 atom stereocenters. The van der Waals surface area contributed by atoms with Gasteiger partial charge in [-0.2, -0.15) is 0 Å². The van der Waals surface area contributed by atoms with Crippen molar-refractivity contribution in [3.05, 3.63) is 63.9 Å². The Morgan fingerprint density at radius 3 is 2.65 bits per heavy atom. The van der Waals surface area contributed by atoms with Gasteiger partial charge in [-0.15, -0.1) is 0 Å². The van der Waals surface area contributed by atoms with E-state index in [1.165, 1.54) is 11.1 Å². The van der Waals surface area contributed by atoms with Crippen molar-refractivity contribution in [1.29, 1.82) is 0 Å². The lowest BCUT2D eigenvalue weighted by Gasteiger charge is -2.19. The topological polar surface area (TPSA) is 24.9 Å². The van der Waals surface area contributed by atoms with Crippen LogP contribution in [0.5, 0.6) is 0 Å². The Hall–Kier alpha value is -1.38. The molecule has 106 valence electrons. The smallest absolute Gasteiger partial charge is 0.0451 e. The third-order valence-electron chi connectivity index (χ3n) is 3.55. The van der Waals surface area contributed by atoms with Gasteiger partial charge in [-0.25, -0.2) is 0 Å². The molecular weight excluding hydrogens is 268 g/mol. The van der Waals surface area contributed by atoms with Crippen molar-refractivity contribution in [1.82, 2.24) is 10.3 Å². The Morgan fingerprint density at radius 2 is 2.00 bits per heavy atom. The fraction of sp³-hybridized carbons (Fsp3) is 0.353. The Morgan fingerprint density at radius 1 is 1.20 bits per heavy atom. The summed E-state index contributed by atoms with van der Waals surface area (Å²) in [5.41, 5.74) is 4.76. The summed E-state index contributed by atoms with van der Waals surface area (Å²) < 4.78 is 0. The van der Waals surface area contributed by atoms with Crippen LogP contribution < -0.4 is 5.32 Å². The van der Waals surface area contributed by atoms with Gasteiger partial charge in [0.15, 0.2) is 0 Å². The summed E-state index contributed by atoms with van der Waals surface area (Å²) in [6, 6.07) is 10.6. The first-order chi connectivity index (χ1) is 9.61. The van der Waals surface area contributed by atoms with Crippen LogP contribution in [-0.4, -0.2) is 11.5 Å². The summed E-state index contributed by atoms with van der Waals surface area (Å²) in [7, 11) is 0. The summed E-state index contributed by atoms with van der Waals surface area (Å²) in [5, 5.41) is 4.36. The van der Waals surface area contributed by atoms with Crippen LogP contribution in [-0.2, 0) is 6.42 Å². The zero-order chi connectivity index (χ0) is 14.5. The molecule has 0 amide bonds. The van der Waals surface area contributed by atoms with Crippen molar-refractivity contribution >= 4 is 11.6 Å². The van der Waals surface area contributed by atoms with Crippen molar-refractivity contribution in [3.63, 3.8) is 0 Å². The molecule has 1 unspecified atom stereocenters. The average Bonchev–Trinajstić information content (AvgIpc) is 2.44. The molecule has 0 radical (unpaired) electrons. The maximum Gasteiger partial charge on any atom is 0.0451 e. The average molecular weight is 289 g/mol. The number of halogens is 1. The van der Waals surface area contributed by atoms with Crippen LogP contribution in [0.3, 0.4) is 0 Å². The summed E-state index contributed by atoms with van der Waals surface area (Å²) in [4.78, 5) is 4.50. The molecule has 1 aromatic carbocycles. The van der Waals surface area contributed by atoms with Gasteiger partial charge >= 0.3 is 0 Å². The van der Waals surface area contributed by atoms with Crippen LogP contribution in [0, 0.1) is 13.8 Å². The van der Waals surface area contributed by atoms with Crippen molar-refractivity contribution in [2.45, 2.75) is 33.2 Å². The lowest BCUT2D eigenvalue weighted by atomic mass is 9.98. The van der Waals surface area contributed by atoms with Gasteiger partial charge in [0.2, 0.25) is 0 Å². The van der Waals surface area contributed by atoms with Gasteiger partial charge in [0.25, 0.3) is 0 Å². The van der Waals surface area contributed by atoms with Gasteiger partial charge in [0.1, 0.15) is 0 Å². The monoisotopic (exact) mass is 288 g/mol. The Bertz CT molecular complexity index is 581. The highest BCUT2D eigenvalue weighted by Crippen LogP contribution is 2.23. The first-order valence-electron chi connectivity index (χ1n) is 7.01. The maximum absolute atomic E-state index is 6.12. The van der Waals surface area contributed by atoms with E-state index >= 15 is 0 Å². The van der Waals surface area contributed by atoms with Crippen LogP contribution in [0.2, 0.25) is 5.02 Å². The summed E-state index contributed by atoms with van der Waals surface area (Å²) >= 11 is 6.12. The minimum Gasteiger partial charge on any atom is -0.310 e. The second-order valence-electron chi connectivity index (χ2n) is 5.09. The van der Waals surface area contributed by atoms with E-state index in [1.54, 1.807) is 0 Å². The molecule has 2 nitrogen and oxygen atoms in total. The van der Waals surface area contributed by atoms with E-state index in [0.29, 0.717) is 0 Å². The van der Waals surface area contributed by atoms with Crippen LogP contribution in [0.25, 0.3) is 0 Å². The van der Waals surface area contributed by atoms with Crippen LogP contribution in [0.15, 0.2) is 36.5 Å². The highest BCUT2D eigenvalue weighted by atomic mass is 35.5. The van der Waals surface area contributed by atoms with Crippen molar-refractivity contribution in [2.24, 2.45) is 0 Å². The third kappa shape index (κ3) is 3.59. The molecule has 1 heterocycles. The first-order valence-corrected chi connectivity index (χ1v) is 7.39. The Kier molecular flexibility index (Phi) is 5.16. The fourth-order valence-corrected chi connectivity index (χ4v) is 2.48. The molecule has 0 aliphatic carbocycles. The second kappa shape index (κ2) is 6.87. The fourth-order valence-electron chi connectivity index (χ4n) is 2.36. The number of nitrogens with zero attached hydrogens (tertiary/aromatic N) is 1. The highest BCUT2D eigenvalue weighted by molar-refractivity contribution is 6.31. The van der Waals surface area contributed by atoms with E-state index in [9.17, 15) is 0 Å². The number of hydrogen-bond donors (Lipinski definition) is 1. The third-order valence-corrected chi connectivity index (χ3v) is 3.97. The summed E-state index contributed by atoms with van der Waals surface area (Å²) in [6.45, 7) is 7.21. The van der Waals surface area contributed by atoms with Gasteiger partial charge in [0.05, 0.1) is 0 Å². The number of likely N-dealkylation sites (N-methyl/N-ethyl adjacent to an activating group) is 1. The zero-order valence-electron chi connectivity index (χ0n) is 12.3. The molecule has 2 aromatic rings. The van der Waals surface area contributed by atoms with Gasteiger partial charge in [0, 0.05) is 29.4 Å². The Balaban J connectivity index is 2.27. The van der Waals surface area contributed by atoms with E-state index in [4.69, 9.17) is 11.6 Å². The predicted octanol–water partition coefficient (Wildman–Crippen LogP) is 4.25. The molecule has 1 N–H and O–H groups in total. The van der Waals surface area contributed by atoms with Crippen LogP contribution in [0.4, 0.5) is 0 Å². The van der Waals surface area contributed by atoms with Crippen molar-refractivity contribution < 1.29 is 0 Å². The van der Waals surface area contributed by atoms with Gasteiger partial charge in [-0.1, -0.05) is 36.7 Å². The molecule has 0 spiro atoms. The molecule has 0 fully saturated rings. The number of pyridine rings is 1. The minimum atomic E-state index is 0.268. The molecule has 20 heavy (non-hydrogen) atoms. The number of rotatable bonds is 5. The number of hydrogen-bond acceptors (Lipinski definition) is 2. The first kappa shape index (κ1) is 15.0. The molecule has 0 saturated carbocycles. The maximum atomic E-state index is 6.12. The van der Waals surface area contributed by atoms with Crippen LogP contribution >= 0.6 is 11.6 Å². The Labute approximate surface area is 126 Å². The quantitative estimate of drug-likeness (QED) is 0.890. The normalized spacial score (nSPS) is 12.4. The van der Waals surface area contributed by atoms with Crippen LogP contribution in [0.1, 0.15) is 35.3 Å². The second-order valence-corrected chi connectivity index (χ2v) is 5.50. The summed E-state index contributed by atoms with van der Waals surface area (Å²) in [6.07, 6.45) is 2.75. The molecule has 0 aliphatic heterocycles. The van der Waals surface area contributed by atoms with Gasteiger partial charge in [-0.3, -0.25) is 4.98 Å². The number of benzene rings is 1. The number of aromatic nitrogens is 1. The highest BCUT2D eigenvalue weighted by Gasteiger charge is 2.14. The van der Waals surface area contributed by atoms with E-state index in [1.807, 2.05) is 25.3 Å². The number of aryl methyl sites for hydroxylation is 2. The zero-order valence-corrected chi connectivity index (χ0v) is 13.0. The molecular formula is C17H21ClN2. The lowest BCUT2D eigenvalue weighted by Crippen LogP contribution is -2.23. The van der Waals surface area contributed by atoms with E-state index in [2.05, 4.69) is 42.3 Å². The predicted molar refractivity (Wildman–Crippen MR) is 85.3 cm³/mol. The van der Waals surface area contributed by atoms with E-state index in [-0.39, 0.29) is 6.04 Å².